The predicted molar refractivity (Wildman–Crippen MR) is 137 cm³/mol. The van der Waals surface area contributed by atoms with Crippen LogP contribution in [0.15, 0.2) is 36.5 Å². The topological polar surface area (TPSA) is 124 Å². The SMILES string of the molecule is Cc1cc(/C(N)=C/c2c(-c3cc(N)cc(C#N)c3)c[nH]c2N)cc(C)c1N1CCN(C)CC1. The quantitative estimate of drug-likeness (QED) is 0.459. The normalized spacial score (nSPS) is 15.0. The molecule has 1 aromatic heterocycles. The number of nitrogens with zero attached hydrogens (tertiary/aromatic N) is 3. The average Bonchev–Trinajstić information content (AvgIpc) is 3.14. The first kappa shape index (κ1) is 22.3. The molecule has 0 bridgehead atoms. The van der Waals surface area contributed by atoms with Gasteiger partial charge in [-0.3, -0.25) is 0 Å². The van der Waals surface area contributed by atoms with Gasteiger partial charge < -0.3 is 32.0 Å². The summed E-state index contributed by atoms with van der Waals surface area (Å²) in [7, 11) is 2.16. The van der Waals surface area contributed by atoms with Gasteiger partial charge in [0.1, 0.15) is 5.82 Å². The summed E-state index contributed by atoms with van der Waals surface area (Å²) in [4.78, 5) is 7.89. The lowest BCUT2D eigenvalue weighted by atomic mass is 9.97. The highest BCUT2D eigenvalue weighted by atomic mass is 15.2. The Morgan fingerprint density at radius 1 is 1.03 bits per heavy atom. The lowest BCUT2D eigenvalue weighted by molar-refractivity contribution is 0.312. The summed E-state index contributed by atoms with van der Waals surface area (Å²) in [6, 6.07) is 11.7. The largest absolute Gasteiger partial charge is 0.399 e. The standard InChI is InChI=1S/C26H31N7/c1-16-8-20(9-17(2)25(16)33-6-4-32(3)5-7-33)24(29)13-22-23(15-31-26(22)30)19-10-18(14-27)11-21(28)12-19/h8-13,15,31H,4-7,28-30H2,1-3H3/b24-13-. The second-order valence-corrected chi connectivity index (χ2v) is 8.83. The van der Waals surface area contributed by atoms with Gasteiger partial charge in [0.25, 0.3) is 0 Å². The van der Waals surface area contributed by atoms with Crippen molar-refractivity contribution in [2.24, 2.45) is 5.73 Å². The minimum atomic E-state index is 0.499. The van der Waals surface area contributed by atoms with E-state index >= 15 is 0 Å². The maximum absolute atomic E-state index is 9.31. The molecule has 0 radical (unpaired) electrons. The smallest absolute Gasteiger partial charge is 0.108 e. The van der Waals surface area contributed by atoms with Crippen molar-refractivity contribution < 1.29 is 0 Å². The lowest BCUT2D eigenvalue weighted by Crippen LogP contribution is -2.45. The summed E-state index contributed by atoms with van der Waals surface area (Å²) in [5.41, 5.74) is 27.6. The van der Waals surface area contributed by atoms with Crippen molar-refractivity contribution in [2.75, 3.05) is 49.6 Å². The number of H-pyrrole nitrogens is 1. The maximum atomic E-state index is 9.31. The molecule has 33 heavy (non-hydrogen) atoms. The van der Waals surface area contributed by atoms with Crippen LogP contribution < -0.4 is 22.1 Å². The molecule has 3 aromatic rings. The van der Waals surface area contributed by atoms with Gasteiger partial charge in [-0.25, -0.2) is 0 Å². The molecule has 1 fully saturated rings. The van der Waals surface area contributed by atoms with E-state index in [1.807, 2.05) is 18.3 Å². The Balaban J connectivity index is 1.70. The molecule has 7 heteroatoms. The van der Waals surface area contributed by atoms with E-state index in [1.54, 1.807) is 12.1 Å². The van der Waals surface area contributed by atoms with Gasteiger partial charge >= 0.3 is 0 Å². The Hall–Kier alpha value is -3.89. The fourth-order valence-electron chi connectivity index (χ4n) is 4.61. The van der Waals surface area contributed by atoms with Gasteiger partial charge in [-0.1, -0.05) is 0 Å². The highest BCUT2D eigenvalue weighted by Gasteiger charge is 2.19. The van der Waals surface area contributed by atoms with E-state index < -0.39 is 0 Å². The Labute approximate surface area is 195 Å². The summed E-state index contributed by atoms with van der Waals surface area (Å²) in [6.45, 7) is 8.47. The van der Waals surface area contributed by atoms with E-state index in [4.69, 9.17) is 17.2 Å². The van der Waals surface area contributed by atoms with Crippen molar-refractivity contribution in [1.29, 1.82) is 5.26 Å². The van der Waals surface area contributed by atoms with E-state index in [2.05, 4.69) is 53.9 Å². The van der Waals surface area contributed by atoms with Crippen LogP contribution in [0.4, 0.5) is 17.2 Å². The van der Waals surface area contributed by atoms with Gasteiger partial charge in [0.05, 0.1) is 11.6 Å². The van der Waals surface area contributed by atoms with Crippen molar-refractivity contribution in [3.8, 4) is 17.2 Å². The number of aromatic nitrogens is 1. The summed E-state index contributed by atoms with van der Waals surface area (Å²) in [6.07, 6.45) is 3.71. The highest BCUT2D eigenvalue weighted by Crippen LogP contribution is 2.34. The molecule has 0 saturated carbocycles. The number of anilines is 3. The minimum Gasteiger partial charge on any atom is -0.399 e. The molecule has 2 aromatic carbocycles. The van der Waals surface area contributed by atoms with Crippen molar-refractivity contribution in [2.45, 2.75) is 13.8 Å². The van der Waals surface area contributed by atoms with Crippen molar-refractivity contribution in [3.63, 3.8) is 0 Å². The third kappa shape index (κ3) is 4.52. The van der Waals surface area contributed by atoms with Crippen molar-refractivity contribution >= 4 is 29.0 Å². The van der Waals surface area contributed by atoms with Crippen LogP contribution in [0.5, 0.6) is 0 Å². The number of aryl methyl sites for hydroxylation is 2. The number of piperazine rings is 1. The number of nitrogens with one attached hydrogen (secondary N) is 1. The van der Waals surface area contributed by atoms with Crippen LogP contribution in [-0.2, 0) is 0 Å². The number of likely N-dealkylation sites (N-methyl/N-ethyl adjacent to an activating group) is 1. The monoisotopic (exact) mass is 441 g/mol. The van der Waals surface area contributed by atoms with Crippen LogP contribution in [-0.4, -0.2) is 43.1 Å². The van der Waals surface area contributed by atoms with Crippen LogP contribution in [0.1, 0.15) is 27.8 Å². The Morgan fingerprint density at radius 3 is 2.33 bits per heavy atom. The molecular weight excluding hydrogens is 410 g/mol. The van der Waals surface area contributed by atoms with E-state index in [0.29, 0.717) is 22.8 Å². The Bertz CT molecular complexity index is 1230. The number of hydrogen-bond acceptors (Lipinski definition) is 6. The summed E-state index contributed by atoms with van der Waals surface area (Å²) >= 11 is 0. The molecule has 1 aliphatic rings. The maximum Gasteiger partial charge on any atom is 0.108 e. The molecule has 0 atom stereocenters. The Morgan fingerprint density at radius 2 is 1.70 bits per heavy atom. The average molecular weight is 442 g/mol. The fraction of sp³-hybridized carbons (Fsp3) is 0.269. The molecule has 4 rings (SSSR count). The van der Waals surface area contributed by atoms with Crippen LogP contribution in [0.25, 0.3) is 22.9 Å². The number of nitrogens with two attached hydrogens (primary N) is 3. The van der Waals surface area contributed by atoms with Crippen LogP contribution >= 0.6 is 0 Å². The van der Waals surface area contributed by atoms with Gasteiger partial charge in [-0.15, -0.1) is 0 Å². The zero-order valence-corrected chi connectivity index (χ0v) is 19.4. The second-order valence-electron chi connectivity index (χ2n) is 8.83. The first-order valence-electron chi connectivity index (χ1n) is 11.1. The van der Waals surface area contributed by atoms with E-state index in [-0.39, 0.29) is 0 Å². The fourth-order valence-corrected chi connectivity index (χ4v) is 4.61. The van der Waals surface area contributed by atoms with E-state index in [1.165, 1.54) is 16.8 Å². The number of hydrogen-bond donors (Lipinski definition) is 4. The van der Waals surface area contributed by atoms with E-state index in [0.717, 1.165) is 48.4 Å². The Kier molecular flexibility index (Phi) is 6.03. The lowest BCUT2D eigenvalue weighted by Gasteiger charge is -2.36. The number of rotatable bonds is 4. The third-order valence-corrected chi connectivity index (χ3v) is 6.29. The number of aromatic amines is 1. The van der Waals surface area contributed by atoms with Gasteiger partial charge in [-0.05, 0) is 79.6 Å². The highest BCUT2D eigenvalue weighted by molar-refractivity contribution is 5.91. The van der Waals surface area contributed by atoms with Gasteiger partial charge in [0.15, 0.2) is 0 Å². The molecule has 7 nitrogen and oxygen atoms in total. The summed E-state index contributed by atoms with van der Waals surface area (Å²) in [5, 5.41) is 9.31. The molecule has 170 valence electrons. The van der Waals surface area contributed by atoms with Gasteiger partial charge in [0.2, 0.25) is 0 Å². The first-order valence-corrected chi connectivity index (χ1v) is 11.1. The zero-order valence-electron chi connectivity index (χ0n) is 19.4. The number of benzene rings is 2. The molecule has 2 heterocycles. The zero-order chi connectivity index (χ0) is 23.7. The van der Waals surface area contributed by atoms with Crippen LogP contribution in [0.2, 0.25) is 0 Å². The molecule has 7 N–H and O–H groups in total. The number of nitrogen functional groups attached to an aromatic ring is 2. The van der Waals surface area contributed by atoms with Crippen LogP contribution in [0.3, 0.4) is 0 Å². The van der Waals surface area contributed by atoms with Crippen LogP contribution in [0, 0.1) is 25.2 Å². The summed E-state index contributed by atoms with van der Waals surface area (Å²) < 4.78 is 0. The molecule has 0 amide bonds. The molecule has 0 unspecified atom stereocenters. The molecular formula is C26H31N7. The molecule has 0 aliphatic carbocycles. The van der Waals surface area contributed by atoms with Crippen molar-refractivity contribution in [1.82, 2.24) is 9.88 Å². The summed E-state index contributed by atoms with van der Waals surface area (Å²) in [5.74, 6) is 0.511. The van der Waals surface area contributed by atoms with E-state index in [9.17, 15) is 5.26 Å². The second kappa shape index (κ2) is 8.93. The molecule has 1 saturated heterocycles. The molecule has 0 spiro atoms. The van der Waals surface area contributed by atoms with Gasteiger partial charge in [-0.2, -0.15) is 5.26 Å². The third-order valence-electron chi connectivity index (χ3n) is 6.29. The predicted octanol–water partition coefficient (Wildman–Crippen LogP) is 3.54. The van der Waals surface area contributed by atoms with Gasteiger partial charge in [0, 0.05) is 60.6 Å². The minimum absolute atomic E-state index is 0.499. The number of nitriles is 1. The van der Waals surface area contributed by atoms with Crippen molar-refractivity contribution in [3.05, 3.63) is 64.3 Å². The molecule has 1 aliphatic heterocycles. The first-order chi connectivity index (χ1) is 15.8.